The van der Waals surface area contributed by atoms with Crippen LogP contribution in [0.15, 0.2) is 59.8 Å². The monoisotopic (exact) mass is 654 g/mol. The fourth-order valence-corrected chi connectivity index (χ4v) is 6.34. The lowest BCUT2D eigenvalue weighted by molar-refractivity contribution is -0.136. The lowest BCUT2D eigenvalue weighted by Crippen LogP contribution is -2.54. The SMILES string of the molecule is COc1cc(-c2cn(C)c(=O)c3cnccc23)cc(OC)c1CCCCc1cccc2c1C(=O)N(C1CCC(=O)NC1=O)C2=O.O=CO. The Morgan fingerprint density at radius 3 is 2.31 bits per heavy atom. The fraction of sp³-hybridized carbons (Fsp3) is 0.286. The van der Waals surface area contributed by atoms with Crippen LogP contribution in [-0.2, 0) is 34.3 Å². The zero-order valence-electron chi connectivity index (χ0n) is 26.6. The van der Waals surface area contributed by atoms with Gasteiger partial charge in [0.1, 0.15) is 17.5 Å². The molecule has 0 aliphatic carbocycles. The van der Waals surface area contributed by atoms with Gasteiger partial charge in [-0.3, -0.25) is 44.0 Å². The minimum atomic E-state index is -0.999. The number of nitrogens with zero attached hydrogens (tertiary/aromatic N) is 3. The molecular weight excluding hydrogens is 620 g/mol. The number of pyridine rings is 2. The molecule has 2 N–H and O–H groups in total. The molecule has 1 atom stereocenters. The van der Waals surface area contributed by atoms with Gasteiger partial charge in [-0.2, -0.15) is 0 Å². The second-order valence-corrected chi connectivity index (χ2v) is 11.3. The molecule has 1 saturated heterocycles. The molecule has 1 fully saturated rings. The predicted molar refractivity (Wildman–Crippen MR) is 174 cm³/mol. The first-order valence-corrected chi connectivity index (χ1v) is 15.2. The summed E-state index contributed by atoms with van der Waals surface area (Å²) in [5.41, 5.74) is 3.80. The number of carbonyl (C=O) groups is 5. The number of hydrogen-bond acceptors (Lipinski definition) is 9. The topological polar surface area (TPSA) is 174 Å². The van der Waals surface area contributed by atoms with Gasteiger partial charge in [-0.25, -0.2) is 0 Å². The number of aromatic nitrogens is 2. The van der Waals surface area contributed by atoms with E-state index in [-0.39, 0.29) is 30.4 Å². The van der Waals surface area contributed by atoms with Gasteiger partial charge in [-0.15, -0.1) is 0 Å². The van der Waals surface area contributed by atoms with Gasteiger partial charge in [0.15, 0.2) is 0 Å². The number of ether oxygens (including phenoxy) is 2. The normalized spacial score (nSPS) is 15.5. The van der Waals surface area contributed by atoms with Gasteiger partial charge >= 0.3 is 0 Å². The Morgan fingerprint density at radius 2 is 1.65 bits per heavy atom. The van der Waals surface area contributed by atoms with Gasteiger partial charge in [0.05, 0.1) is 30.7 Å². The van der Waals surface area contributed by atoms with Crippen LogP contribution in [0.4, 0.5) is 0 Å². The van der Waals surface area contributed by atoms with Crippen LogP contribution in [0.1, 0.15) is 57.5 Å². The van der Waals surface area contributed by atoms with Crippen molar-refractivity contribution in [3.8, 4) is 22.6 Å². The van der Waals surface area contributed by atoms with E-state index in [1.807, 2.05) is 24.3 Å². The van der Waals surface area contributed by atoms with E-state index in [0.717, 1.165) is 39.0 Å². The summed E-state index contributed by atoms with van der Waals surface area (Å²) < 4.78 is 13.1. The van der Waals surface area contributed by atoms with E-state index in [9.17, 15) is 24.0 Å². The number of methoxy groups -OCH3 is 2. The van der Waals surface area contributed by atoms with Crippen molar-refractivity contribution in [1.29, 1.82) is 0 Å². The van der Waals surface area contributed by atoms with E-state index in [0.29, 0.717) is 41.7 Å². The van der Waals surface area contributed by atoms with Crippen LogP contribution in [0.25, 0.3) is 21.9 Å². The molecule has 4 heterocycles. The minimum absolute atomic E-state index is 0.0731. The first kappa shape index (κ1) is 33.5. The Kier molecular flexibility index (Phi) is 9.97. The number of hydrogen-bond donors (Lipinski definition) is 2. The molecule has 2 aromatic carbocycles. The standard InChI is InChI=1S/C34H32N4O7.CH2O2/c1-37-18-25(21-13-14-35-17-24(21)32(37)41)20-15-27(44-2)22(28(16-20)45-3)9-5-4-7-19-8-6-10-23-30(19)34(43)38(33(23)42)26-11-12-29(39)36-31(26)40;2-1-3/h6,8,10,13-18,26H,4-5,7,9,11-12H2,1-3H3,(H,36,39,40);1H,(H,2,3). The van der Waals surface area contributed by atoms with Crippen molar-refractivity contribution in [2.24, 2.45) is 7.05 Å². The van der Waals surface area contributed by atoms with Gasteiger partial charge < -0.3 is 19.1 Å². The molecule has 4 amide bonds. The summed E-state index contributed by atoms with van der Waals surface area (Å²) in [5.74, 6) is -0.736. The highest BCUT2D eigenvalue weighted by atomic mass is 16.5. The maximum Gasteiger partial charge on any atom is 0.290 e. The summed E-state index contributed by atoms with van der Waals surface area (Å²) in [5, 5.41) is 10.4. The number of amides is 4. The van der Waals surface area contributed by atoms with Crippen LogP contribution >= 0.6 is 0 Å². The Labute approximate surface area is 275 Å². The molecule has 6 rings (SSSR count). The number of nitrogens with one attached hydrogen (secondary N) is 1. The summed E-state index contributed by atoms with van der Waals surface area (Å²) in [7, 11) is 4.92. The molecule has 0 spiro atoms. The number of unbranched alkanes of at least 4 members (excludes halogenated alkanes) is 1. The second-order valence-electron chi connectivity index (χ2n) is 11.3. The van der Waals surface area contributed by atoms with Gasteiger partial charge in [0.2, 0.25) is 11.8 Å². The highest BCUT2D eigenvalue weighted by Gasteiger charge is 2.45. The Balaban J connectivity index is 0.00000145. The first-order chi connectivity index (χ1) is 23.1. The van der Waals surface area contributed by atoms with E-state index >= 15 is 0 Å². The molecule has 1 unspecified atom stereocenters. The van der Waals surface area contributed by atoms with Crippen molar-refractivity contribution in [2.45, 2.75) is 44.6 Å². The molecule has 0 bridgehead atoms. The molecule has 2 aliphatic heterocycles. The Hall–Kier alpha value is -5.85. The summed E-state index contributed by atoms with van der Waals surface area (Å²) >= 11 is 0. The zero-order valence-corrected chi connectivity index (χ0v) is 26.6. The van der Waals surface area contributed by atoms with E-state index in [4.69, 9.17) is 19.4 Å². The Morgan fingerprint density at radius 1 is 0.958 bits per heavy atom. The van der Waals surface area contributed by atoms with Crippen LogP contribution in [0.3, 0.4) is 0 Å². The predicted octanol–water partition coefficient (Wildman–Crippen LogP) is 3.29. The Bertz CT molecular complexity index is 1980. The van der Waals surface area contributed by atoms with Crippen LogP contribution in [0.5, 0.6) is 11.5 Å². The highest BCUT2D eigenvalue weighted by molar-refractivity contribution is 6.24. The maximum absolute atomic E-state index is 13.4. The van der Waals surface area contributed by atoms with Gasteiger partial charge in [0, 0.05) is 43.2 Å². The first-order valence-electron chi connectivity index (χ1n) is 15.2. The third-order valence-electron chi connectivity index (χ3n) is 8.58. The van der Waals surface area contributed by atoms with Gasteiger partial charge in [-0.05, 0) is 72.9 Å². The van der Waals surface area contributed by atoms with Crippen molar-refractivity contribution in [1.82, 2.24) is 19.8 Å². The number of imide groups is 2. The van der Waals surface area contributed by atoms with Crippen LogP contribution in [0.2, 0.25) is 0 Å². The molecule has 4 aromatic rings. The van der Waals surface area contributed by atoms with Crippen LogP contribution < -0.4 is 20.3 Å². The van der Waals surface area contributed by atoms with E-state index in [1.165, 1.54) is 4.57 Å². The average Bonchev–Trinajstić information content (AvgIpc) is 3.34. The molecule has 0 saturated carbocycles. The third kappa shape index (κ3) is 6.26. The number of carboxylic acid groups (broad SMARTS) is 1. The number of piperidine rings is 1. The number of benzene rings is 2. The van der Waals surface area contributed by atoms with Crippen molar-refractivity contribution in [2.75, 3.05) is 14.2 Å². The smallest absolute Gasteiger partial charge is 0.290 e. The molecule has 2 aliphatic rings. The van der Waals surface area contributed by atoms with E-state index in [2.05, 4.69) is 10.3 Å². The van der Waals surface area contributed by atoms with E-state index < -0.39 is 29.7 Å². The summed E-state index contributed by atoms with van der Waals surface area (Å²) in [6.45, 7) is -0.250. The van der Waals surface area contributed by atoms with Gasteiger partial charge in [-0.1, -0.05) is 12.1 Å². The molecule has 0 radical (unpaired) electrons. The number of aryl methyl sites for hydroxylation is 2. The van der Waals surface area contributed by atoms with E-state index in [1.54, 1.807) is 52.0 Å². The second kappa shape index (κ2) is 14.3. The summed E-state index contributed by atoms with van der Waals surface area (Å²) in [6.07, 6.45) is 7.85. The van der Waals surface area contributed by atoms with Crippen molar-refractivity contribution in [3.63, 3.8) is 0 Å². The van der Waals surface area contributed by atoms with Crippen molar-refractivity contribution >= 4 is 40.9 Å². The molecule has 2 aromatic heterocycles. The maximum atomic E-state index is 13.4. The van der Waals surface area contributed by atoms with Crippen LogP contribution in [-0.4, -0.2) is 69.9 Å². The lowest BCUT2D eigenvalue weighted by Gasteiger charge is -2.27. The summed E-state index contributed by atoms with van der Waals surface area (Å²) in [6, 6.07) is 9.89. The number of carbonyl (C=O) groups excluding carboxylic acids is 4. The van der Waals surface area contributed by atoms with Crippen molar-refractivity contribution < 1.29 is 38.6 Å². The molecule has 13 nitrogen and oxygen atoms in total. The van der Waals surface area contributed by atoms with Gasteiger partial charge in [0.25, 0.3) is 23.8 Å². The third-order valence-corrected chi connectivity index (χ3v) is 8.58. The average molecular weight is 655 g/mol. The molecule has 48 heavy (non-hydrogen) atoms. The van der Waals surface area contributed by atoms with Crippen LogP contribution in [0, 0.1) is 0 Å². The van der Waals surface area contributed by atoms with Crippen molar-refractivity contribution in [3.05, 3.63) is 87.6 Å². The molecular formula is C35H34N4O9. The largest absolute Gasteiger partial charge is 0.496 e. The molecule has 13 heteroatoms. The number of rotatable bonds is 9. The fourth-order valence-electron chi connectivity index (χ4n) is 6.34. The minimum Gasteiger partial charge on any atom is -0.496 e. The summed E-state index contributed by atoms with van der Waals surface area (Å²) in [4.78, 5) is 76.8. The molecule has 248 valence electrons. The lowest BCUT2D eigenvalue weighted by atomic mass is 9.95. The highest BCUT2D eigenvalue weighted by Crippen LogP contribution is 2.38. The zero-order chi connectivity index (χ0) is 34.5. The quantitative estimate of drug-likeness (QED) is 0.155. The number of fused-ring (bicyclic) bond motifs is 2.